The minimum absolute atomic E-state index is 0. The zero-order valence-electron chi connectivity index (χ0n) is 20.1. The van der Waals surface area contributed by atoms with Crippen LogP contribution in [0.15, 0.2) is 64.2 Å². The van der Waals surface area contributed by atoms with E-state index >= 15 is 0 Å². The zero-order valence-corrected chi connectivity index (χ0v) is 22.4. The van der Waals surface area contributed by atoms with Crippen molar-refractivity contribution in [1.29, 1.82) is 0 Å². The molecule has 4 rings (SSSR count). The lowest BCUT2D eigenvalue weighted by atomic mass is 10.1. The molecule has 8 heteroatoms. The Kier molecular flexibility index (Phi) is 9.76. The predicted octanol–water partition coefficient (Wildman–Crippen LogP) is 4.78. The second-order valence-electron chi connectivity index (χ2n) is 8.35. The van der Waals surface area contributed by atoms with Gasteiger partial charge in [0, 0.05) is 19.2 Å². The van der Waals surface area contributed by atoms with E-state index in [4.69, 9.17) is 9.15 Å². The van der Waals surface area contributed by atoms with Crippen molar-refractivity contribution < 1.29 is 9.15 Å². The molecule has 2 N–H and O–H groups in total. The SMILES string of the molecule is CN=C(NCc1coc(-c2ccc(C)cc2)n1)NCC(c1ccc(OC)cc1)N1CCCC1.I. The van der Waals surface area contributed by atoms with Crippen LogP contribution in [0.1, 0.15) is 35.7 Å². The number of hydrogen-bond acceptors (Lipinski definition) is 5. The maximum absolute atomic E-state index is 5.67. The number of ether oxygens (including phenoxy) is 1. The average Bonchev–Trinajstić information content (AvgIpc) is 3.55. The van der Waals surface area contributed by atoms with Crippen molar-refractivity contribution in [2.75, 3.05) is 33.8 Å². The predicted molar refractivity (Wildman–Crippen MR) is 147 cm³/mol. The summed E-state index contributed by atoms with van der Waals surface area (Å²) >= 11 is 0. The van der Waals surface area contributed by atoms with Crippen LogP contribution in [0.4, 0.5) is 0 Å². The molecule has 3 aromatic rings. The molecule has 7 nitrogen and oxygen atoms in total. The zero-order chi connectivity index (χ0) is 23.0. The van der Waals surface area contributed by atoms with E-state index in [1.807, 2.05) is 24.3 Å². The monoisotopic (exact) mass is 575 g/mol. The van der Waals surface area contributed by atoms with Crippen LogP contribution in [0.2, 0.25) is 0 Å². The number of hydrogen-bond donors (Lipinski definition) is 2. The van der Waals surface area contributed by atoms with Crippen molar-refractivity contribution in [3.05, 3.63) is 71.6 Å². The van der Waals surface area contributed by atoms with E-state index in [0.29, 0.717) is 12.4 Å². The van der Waals surface area contributed by atoms with Crippen LogP contribution in [0.3, 0.4) is 0 Å². The first-order chi connectivity index (χ1) is 16.2. The fraction of sp³-hybridized carbons (Fsp3) is 0.385. The Labute approximate surface area is 219 Å². The van der Waals surface area contributed by atoms with E-state index in [2.05, 4.69) is 56.7 Å². The smallest absolute Gasteiger partial charge is 0.226 e. The van der Waals surface area contributed by atoms with Gasteiger partial charge in [-0.1, -0.05) is 29.8 Å². The molecule has 0 saturated carbocycles. The summed E-state index contributed by atoms with van der Waals surface area (Å²) in [5.74, 6) is 2.25. The van der Waals surface area contributed by atoms with Crippen molar-refractivity contribution >= 4 is 29.9 Å². The topological polar surface area (TPSA) is 74.9 Å². The van der Waals surface area contributed by atoms with Crippen LogP contribution in [-0.2, 0) is 6.54 Å². The lowest BCUT2D eigenvalue weighted by molar-refractivity contribution is 0.245. The number of nitrogens with zero attached hydrogens (tertiary/aromatic N) is 3. The Balaban J connectivity index is 0.00000324. The lowest BCUT2D eigenvalue weighted by Gasteiger charge is -2.29. The second kappa shape index (κ2) is 12.8. The first-order valence-electron chi connectivity index (χ1n) is 11.5. The Hall–Kier alpha value is -2.59. The van der Waals surface area contributed by atoms with Crippen LogP contribution < -0.4 is 15.4 Å². The van der Waals surface area contributed by atoms with Gasteiger partial charge < -0.3 is 19.8 Å². The Morgan fingerprint density at radius 1 is 1.09 bits per heavy atom. The normalized spacial score (nSPS) is 15.0. The molecule has 2 heterocycles. The summed E-state index contributed by atoms with van der Waals surface area (Å²) in [7, 11) is 3.48. The van der Waals surface area contributed by atoms with E-state index in [9.17, 15) is 0 Å². The summed E-state index contributed by atoms with van der Waals surface area (Å²) in [4.78, 5) is 11.5. The van der Waals surface area contributed by atoms with E-state index in [1.54, 1.807) is 20.4 Å². The molecule has 1 atom stereocenters. The van der Waals surface area contributed by atoms with Crippen LogP contribution in [0, 0.1) is 6.92 Å². The third-order valence-corrected chi connectivity index (χ3v) is 6.06. The summed E-state index contributed by atoms with van der Waals surface area (Å²) in [6.45, 7) is 5.60. The molecule has 0 aliphatic carbocycles. The first-order valence-corrected chi connectivity index (χ1v) is 11.5. The number of guanidine groups is 1. The molecular formula is C26H34IN5O2. The van der Waals surface area contributed by atoms with Crippen molar-refractivity contribution in [3.8, 4) is 17.2 Å². The third kappa shape index (κ3) is 6.73. The molecule has 0 spiro atoms. The molecule has 0 amide bonds. The number of rotatable bonds is 8. The molecule has 182 valence electrons. The van der Waals surface area contributed by atoms with Crippen molar-refractivity contribution in [2.45, 2.75) is 32.4 Å². The molecule has 1 saturated heterocycles. The van der Waals surface area contributed by atoms with E-state index < -0.39 is 0 Å². The number of aryl methyl sites for hydroxylation is 1. The Bertz CT molecular complexity index is 1040. The van der Waals surface area contributed by atoms with Crippen molar-refractivity contribution in [1.82, 2.24) is 20.5 Å². The van der Waals surface area contributed by atoms with Gasteiger partial charge in [-0.15, -0.1) is 24.0 Å². The minimum Gasteiger partial charge on any atom is -0.497 e. The molecule has 1 unspecified atom stereocenters. The molecule has 0 radical (unpaired) electrons. The number of benzene rings is 2. The van der Waals surface area contributed by atoms with E-state index in [1.165, 1.54) is 24.0 Å². The van der Waals surface area contributed by atoms with Gasteiger partial charge >= 0.3 is 0 Å². The summed E-state index contributed by atoms with van der Waals surface area (Å²) in [5.41, 5.74) is 4.30. The lowest BCUT2D eigenvalue weighted by Crippen LogP contribution is -2.42. The Morgan fingerprint density at radius 2 is 1.79 bits per heavy atom. The van der Waals surface area contributed by atoms with Gasteiger partial charge in [0.25, 0.3) is 0 Å². The molecule has 1 fully saturated rings. The third-order valence-electron chi connectivity index (χ3n) is 6.06. The minimum atomic E-state index is 0. The summed E-state index contributed by atoms with van der Waals surface area (Å²) in [6, 6.07) is 16.8. The number of likely N-dealkylation sites (tertiary alicyclic amines) is 1. The summed E-state index contributed by atoms with van der Waals surface area (Å²) in [6.07, 6.45) is 4.18. The highest BCUT2D eigenvalue weighted by molar-refractivity contribution is 14.0. The van der Waals surface area contributed by atoms with Gasteiger partial charge in [-0.05, 0) is 62.7 Å². The number of oxazole rings is 1. The summed E-state index contributed by atoms with van der Waals surface area (Å²) in [5, 5.41) is 6.85. The standard InChI is InChI=1S/C26H33N5O2.HI/c1-19-6-8-21(9-7-19)25-30-22(18-33-25)16-28-26(27-2)29-17-24(31-14-4-5-15-31)20-10-12-23(32-3)13-11-20;/h6-13,18,24H,4-5,14-17H2,1-3H3,(H2,27,28,29);1H. The maximum atomic E-state index is 5.67. The fourth-order valence-corrected chi connectivity index (χ4v) is 4.14. The molecule has 1 aromatic heterocycles. The molecule has 1 aliphatic rings. The molecule has 2 aromatic carbocycles. The van der Waals surface area contributed by atoms with Gasteiger partial charge in [0.2, 0.25) is 5.89 Å². The number of methoxy groups -OCH3 is 1. The van der Waals surface area contributed by atoms with Crippen molar-refractivity contribution in [3.63, 3.8) is 0 Å². The number of nitrogens with one attached hydrogen (secondary N) is 2. The van der Waals surface area contributed by atoms with Crippen LogP contribution >= 0.6 is 24.0 Å². The highest BCUT2D eigenvalue weighted by Crippen LogP contribution is 2.26. The maximum Gasteiger partial charge on any atom is 0.226 e. The van der Waals surface area contributed by atoms with Gasteiger partial charge in [0.1, 0.15) is 12.0 Å². The van der Waals surface area contributed by atoms with Gasteiger partial charge in [0.15, 0.2) is 5.96 Å². The van der Waals surface area contributed by atoms with Gasteiger partial charge in [-0.3, -0.25) is 9.89 Å². The highest BCUT2D eigenvalue weighted by atomic mass is 127. The number of halogens is 1. The van der Waals surface area contributed by atoms with Crippen LogP contribution in [0.5, 0.6) is 5.75 Å². The first kappa shape index (κ1) is 26.0. The molecule has 1 aliphatic heterocycles. The second-order valence-corrected chi connectivity index (χ2v) is 8.35. The largest absolute Gasteiger partial charge is 0.497 e. The van der Waals surface area contributed by atoms with Crippen LogP contribution in [0.25, 0.3) is 11.5 Å². The number of aliphatic imine (C=N–C) groups is 1. The summed E-state index contributed by atoms with van der Waals surface area (Å²) < 4.78 is 11.0. The van der Waals surface area contributed by atoms with Gasteiger partial charge in [0.05, 0.1) is 25.4 Å². The van der Waals surface area contributed by atoms with Crippen LogP contribution in [-0.4, -0.2) is 49.6 Å². The van der Waals surface area contributed by atoms with E-state index in [0.717, 1.165) is 42.6 Å². The molecule has 34 heavy (non-hydrogen) atoms. The van der Waals surface area contributed by atoms with Gasteiger partial charge in [-0.2, -0.15) is 0 Å². The molecular weight excluding hydrogens is 541 g/mol. The highest BCUT2D eigenvalue weighted by Gasteiger charge is 2.23. The molecule has 0 bridgehead atoms. The van der Waals surface area contributed by atoms with Crippen molar-refractivity contribution in [2.24, 2.45) is 4.99 Å². The fourth-order valence-electron chi connectivity index (χ4n) is 4.14. The number of aromatic nitrogens is 1. The van der Waals surface area contributed by atoms with E-state index in [-0.39, 0.29) is 30.0 Å². The quantitative estimate of drug-likeness (QED) is 0.229. The average molecular weight is 575 g/mol. The Morgan fingerprint density at radius 3 is 2.44 bits per heavy atom. The van der Waals surface area contributed by atoms with Gasteiger partial charge in [-0.25, -0.2) is 4.98 Å².